The minimum atomic E-state index is -0.442. The van der Waals surface area contributed by atoms with Crippen molar-refractivity contribution in [1.29, 1.82) is 0 Å². The first-order chi connectivity index (χ1) is 13.5. The molecule has 4 aliphatic rings. The van der Waals surface area contributed by atoms with Crippen LogP contribution in [-0.2, 0) is 4.79 Å². The number of carbonyl (C=O) groups is 2. The van der Waals surface area contributed by atoms with Gasteiger partial charge in [0.1, 0.15) is 10.4 Å². The number of hydrogen-bond donors (Lipinski definition) is 0. The maximum atomic E-state index is 12.8. The Morgan fingerprint density at radius 2 is 2.07 bits per heavy atom. The highest BCUT2D eigenvalue weighted by Crippen LogP contribution is 2.52. The largest absolute Gasteiger partial charge is 0.337 e. The Morgan fingerprint density at radius 1 is 1.25 bits per heavy atom. The summed E-state index contributed by atoms with van der Waals surface area (Å²) in [6.07, 6.45) is 8.27. The SMILES string of the molecule is CC1(C2CCN(C(=O)c3cscn3)CC2)SC(C[C@H]2C[C@@H]3CC[C@H]2C3)=NC1=O. The molecule has 5 nitrogen and oxygen atoms in total. The molecule has 5 rings (SSSR count). The average molecular weight is 418 g/mol. The Labute approximate surface area is 174 Å². The van der Waals surface area contributed by atoms with E-state index in [1.54, 1.807) is 17.3 Å². The number of thioether (sulfide) groups is 1. The molecule has 1 aromatic rings. The number of amides is 2. The Bertz CT molecular complexity index is 801. The van der Waals surface area contributed by atoms with Crippen molar-refractivity contribution in [3.63, 3.8) is 0 Å². The minimum Gasteiger partial charge on any atom is -0.337 e. The molecule has 2 amide bonds. The standard InChI is InChI=1S/C21H27N3O2S2/c1-21(16-4-6-24(7-5-16)19(25)17-11-27-12-22-17)20(26)23-18(28-21)10-15-9-13-2-3-14(15)8-13/h11-16H,2-10H2,1H3/t13-,14+,15-,21?/m1/s1. The van der Waals surface area contributed by atoms with Gasteiger partial charge in [-0.05, 0) is 69.1 Å². The molecule has 0 aromatic carbocycles. The van der Waals surface area contributed by atoms with Gasteiger partial charge in [0.15, 0.2) is 0 Å². The summed E-state index contributed by atoms with van der Waals surface area (Å²) >= 11 is 3.18. The molecule has 3 fully saturated rings. The first-order valence-electron chi connectivity index (χ1n) is 10.5. The van der Waals surface area contributed by atoms with Gasteiger partial charge in [0.25, 0.3) is 11.8 Å². The Balaban J connectivity index is 1.19. The number of likely N-dealkylation sites (tertiary alicyclic amines) is 1. The van der Waals surface area contributed by atoms with Crippen LogP contribution in [0.1, 0.15) is 62.4 Å². The van der Waals surface area contributed by atoms with E-state index in [4.69, 9.17) is 0 Å². The molecular formula is C21H27N3O2S2. The number of fused-ring (bicyclic) bond motifs is 2. The molecule has 3 heterocycles. The van der Waals surface area contributed by atoms with E-state index >= 15 is 0 Å². The van der Waals surface area contributed by atoms with Crippen molar-refractivity contribution in [2.75, 3.05) is 13.1 Å². The van der Waals surface area contributed by atoms with Gasteiger partial charge in [-0.3, -0.25) is 9.59 Å². The lowest BCUT2D eigenvalue weighted by Crippen LogP contribution is -2.46. The number of aromatic nitrogens is 1. The molecule has 28 heavy (non-hydrogen) atoms. The third kappa shape index (κ3) is 3.24. The van der Waals surface area contributed by atoms with E-state index < -0.39 is 4.75 Å². The van der Waals surface area contributed by atoms with Crippen LogP contribution in [0.2, 0.25) is 0 Å². The van der Waals surface area contributed by atoms with Crippen molar-refractivity contribution in [2.24, 2.45) is 28.7 Å². The van der Waals surface area contributed by atoms with Gasteiger partial charge in [-0.2, -0.15) is 0 Å². The smallest absolute Gasteiger partial charge is 0.273 e. The maximum Gasteiger partial charge on any atom is 0.273 e. The van der Waals surface area contributed by atoms with Gasteiger partial charge >= 0.3 is 0 Å². The fraction of sp³-hybridized carbons (Fsp3) is 0.714. The summed E-state index contributed by atoms with van der Waals surface area (Å²) < 4.78 is -0.442. The number of hydrogen-bond acceptors (Lipinski definition) is 5. The number of rotatable bonds is 4. The number of nitrogens with zero attached hydrogens (tertiary/aromatic N) is 3. The van der Waals surface area contributed by atoms with E-state index in [1.165, 1.54) is 37.0 Å². The summed E-state index contributed by atoms with van der Waals surface area (Å²) in [6.45, 7) is 3.48. The fourth-order valence-electron chi connectivity index (χ4n) is 5.85. The van der Waals surface area contributed by atoms with E-state index in [1.807, 2.05) is 10.3 Å². The van der Waals surface area contributed by atoms with Crippen LogP contribution >= 0.6 is 23.1 Å². The second-order valence-electron chi connectivity index (χ2n) is 9.10. The van der Waals surface area contributed by atoms with Crippen LogP contribution < -0.4 is 0 Å². The van der Waals surface area contributed by atoms with Gasteiger partial charge in [0, 0.05) is 18.5 Å². The Hall–Kier alpha value is -1.21. The van der Waals surface area contributed by atoms with Gasteiger partial charge in [-0.25, -0.2) is 9.98 Å². The lowest BCUT2D eigenvalue weighted by atomic mass is 9.84. The molecule has 1 aromatic heterocycles. The normalized spacial score (nSPS) is 35.6. The molecule has 150 valence electrons. The quantitative estimate of drug-likeness (QED) is 0.735. The van der Waals surface area contributed by atoms with Crippen LogP contribution in [0.4, 0.5) is 0 Å². The average Bonchev–Trinajstić information content (AvgIpc) is 3.48. The highest BCUT2D eigenvalue weighted by atomic mass is 32.2. The third-order valence-electron chi connectivity index (χ3n) is 7.51. The molecule has 2 bridgehead atoms. The number of piperidine rings is 1. The van der Waals surface area contributed by atoms with E-state index in [-0.39, 0.29) is 17.7 Å². The fourth-order valence-corrected chi connectivity index (χ4v) is 7.82. The van der Waals surface area contributed by atoms with Crippen molar-refractivity contribution in [1.82, 2.24) is 9.88 Å². The van der Waals surface area contributed by atoms with Crippen LogP contribution in [0.5, 0.6) is 0 Å². The van der Waals surface area contributed by atoms with Gasteiger partial charge in [-0.1, -0.05) is 18.2 Å². The zero-order chi connectivity index (χ0) is 19.3. The molecule has 0 N–H and O–H groups in total. The second kappa shape index (κ2) is 7.24. The molecule has 4 atom stereocenters. The van der Waals surface area contributed by atoms with E-state index in [0.29, 0.717) is 18.8 Å². The Kier molecular flexibility index (Phi) is 4.86. The molecule has 7 heteroatoms. The van der Waals surface area contributed by atoms with Crippen molar-refractivity contribution in [3.05, 3.63) is 16.6 Å². The first kappa shape index (κ1) is 18.8. The van der Waals surface area contributed by atoms with Gasteiger partial charge in [0.2, 0.25) is 0 Å². The lowest BCUT2D eigenvalue weighted by Gasteiger charge is -2.38. The van der Waals surface area contributed by atoms with Crippen molar-refractivity contribution >= 4 is 40.0 Å². The van der Waals surface area contributed by atoms with Crippen LogP contribution in [0.15, 0.2) is 15.9 Å². The highest BCUT2D eigenvalue weighted by molar-refractivity contribution is 8.16. The molecular weight excluding hydrogens is 390 g/mol. The monoisotopic (exact) mass is 417 g/mol. The minimum absolute atomic E-state index is 0.0171. The Morgan fingerprint density at radius 3 is 2.71 bits per heavy atom. The van der Waals surface area contributed by atoms with Crippen LogP contribution in [-0.4, -0.2) is 44.6 Å². The zero-order valence-corrected chi connectivity index (χ0v) is 17.9. The molecule has 2 aliphatic heterocycles. The van der Waals surface area contributed by atoms with Crippen molar-refractivity contribution < 1.29 is 9.59 Å². The van der Waals surface area contributed by atoms with Crippen LogP contribution in [0, 0.1) is 23.7 Å². The summed E-state index contributed by atoms with van der Waals surface area (Å²) in [7, 11) is 0. The predicted molar refractivity (Wildman–Crippen MR) is 113 cm³/mol. The number of aliphatic imine (C=N–C) groups is 1. The highest BCUT2D eigenvalue weighted by Gasteiger charge is 2.49. The third-order valence-corrected chi connectivity index (χ3v) is 9.53. The van der Waals surface area contributed by atoms with Crippen molar-refractivity contribution in [3.8, 4) is 0 Å². The predicted octanol–water partition coefficient (Wildman–Crippen LogP) is 4.25. The van der Waals surface area contributed by atoms with Gasteiger partial charge < -0.3 is 4.90 Å². The molecule has 0 radical (unpaired) electrons. The molecule has 1 saturated heterocycles. The van der Waals surface area contributed by atoms with Crippen molar-refractivity contribution in [2.45, 2.75) is 56.6 Å². The zero-order valence-electron chi connectivity index (χ0n) is 16.3. The topological polar surface area (TPSA) is 62.6 Å². The summed E-state index contributed by atoms with van der Waals surface area (Å²) in [6, 6.07) is 0. The summed E-state index contributed by atoms with van der Waals surface area (Å²) in [5, 5.41) is 2.88. The van der Waals surface area contributed by atoms with Gasteiger partial charge in [0.05, 0.1) is 10.6 Å². The van der Waals surface area contributed by atoms with Gasteiger partial charge in [-0.15, -0.1) is 11.3 Å². The molecule has 0 spiro atoms. The second-order valence-corrected chi connectivity index (χ2v) is 11.3. The van der Waals surface area contributed by atoms with Crippen LogP contribution in [0.25, 0.3) is 0 Å². The summed E-state index contributed by atoms with van der Waals surface area (Å²) in [4.78, 5) is 35.9. The molecule has 1 unspecified atom stereocenters. The number of carbonyl (C=O) groups excluding carboxylic acids is 2. The van der Waals surface area contributed by atoms with E-state index in [0.717, 1.165) is 42.1 Å². The number of thiazole rings is 1. The lowest BCUT2D eigenvalue weighted by molar-refractivity contribution is -0.121. The van der Waals surface area contributed by atoms with E-state index in [2.05, 4.69) is 16.9 Å². The summed E-state index contributed by atoms with van der Waals surface area (Å²) in [5.41, 5.74) is 2.24. The molecule has 2 aliphatic carbocycles. The summed E-state index contributed by atoms with van der Waals surface area (Å²) in [5.74, 6) is 2.91. The van der Waals surface area contributed by atoms with Crippen LogP contribution in [0.3, 0.4) is 0 Å². The van der Waals surface area contributed by atoms with E-state index in [9.17, 15) is 9.59 Å². The maximum absolute atomic E-state index is 12.8. The first-order valence-corrected chi connectivity index (χ1v) is 12.3. The molecule has 2 saturated carbocycles.